The molecular formula is C20H36IN5O2S. The maximum Gasteiger partial charge on any atom is 0.407 e. The highest BCUT2D eigenvalue weighted by atomic mass is 127. The van der Waals surface area contributed by atoms with Gasteiger partial charge < -0.3 is 20.3 Å². The lowest BCUT2D eigenvalue weighted by Crippen LogP contribution is -2.44. The second kappa shape index (κ2) is 12.6. The molecule has 1 aliphatic rings. The van der Waals surface area contributed by atoms with E-state index < -0.39 is 5.60 Å². The summed E-state index contributed by atoms with van der Waals surface area (Å²) < 4.78 is 5.35. The topological polar surface area (TPSA) is 78.9 Å². The van der Waals surface area contributed by atoms with E-state index in [1.165, 1.54) is 5.01 Å². The number of halogens is 1. The van der Waals surface area contributed by atoms with E-state index in [4.69, 9.17) is 9.73 Å². The molecule has 1 fully saturated rings. The number of thiazole rings is 1. The number of hydrogen-bond acceptors (Lipinski definition) is 5. The first kappa shape index (κ1) is 25.9. The molecule has 0 aliphatic carbocycles. The van der Waals surface area contributed by atoms with Crippen LogP contribution < -0.4 is 10.6 Å². The second-order valence-corrected chi connectivity index (χ2v) is 9.10. The predicted octanol–water partition coefficient (Wildman–Crippen LogP) is 3.96. The largest absolute Gasteiger partial charge is 0.444 e. The average molecular weight is 538 g/mol. The Morgan fingerprint density at radius 1 is 1.41 bits per heavy atom. The number of alkyl carbamates (subject to hydrolysis) is 1. The Labute approximate surface area is 196 Å². The summed E-state index contributed by atoms with van der Waals surface area (Å²) >= 11 is 1.74. The normalized spacial score (nSPS) is 17.1. The molecule has 1 unspecified atom stereocenters. The van der Waals surface area contributed by atoms with Crippen molar-refractivity contribution in [2.45, 2.75) is 71.9 Å². The molecule has 166 valence electrons. The van der Waals surface area contributed by atoms with Gasteiger partial charge in [-0.3, -0.25) is 4.99 Å². The molecule has 0 aromatic carbocycles. The van der Waals surface area contributed by atoms with Crippen LogP contribution in [0, 0.1) is 6.92 Å². The van der Waals surface area contributed by atoms with E-state index in [9.17, 15) is 4.79 Å². The standard InChI is InChI=1S/C20H35N5O2S.HI/c1-6-21-18(22-11-8-7-9-17-23-15(2)14-28-17)25-12-10-16(13-25)24-19(26)27-20(3,4)5;/h14,16H,6-13H2,1-5H3,(H,21,22)(H,24,26);1H. The molecule has 7 nitrogen and oxygen atoms in total. The second-order valence-electron chi connectivity index (χ2n) is 8.15. The SMILES string of the molecule is CCNC(=NCCCCc1nc(C)cs1)N1CCC(NC(=O)OC(C)(C)C)C1.I. The lowest BCUT2D eigenvalue weighted by molar-refractivity contribution is 0.0507. The van der Waals surface area contributed by atoms with Crippen molar-refractivity contribution in [3.05, 3.63) is 16.1 Å². The lowest BCUT2D eigenvalue weighted by Gasteiger charge is -2.23. The minimum Gasteiger partial charge on any atom is -0.444 e. The number of aliphatic imine (C=N–C) groups is 1. The number of rotatable bonds is 7. The summed E-state index contributed by atoms with van der Waals surface area (Å²) in [5.41, 5.74) is 0.631. The number of ether oxygens (including phenoxy) is 1. The van der Waals surface area contributed by atoms with Crippen molar-refractivity contribution < 1.29 is 9.53 Å². The summed E-state index contributed by atoms with van der Waals surface area (Å²) in [4.78, 5) is 23.5. The third-order valence-electron chi connectivity index (χ3n) is 4.27. The van der Waals surface area contributed by atoms with E-state index in [-0.39, 0.29) is 36.1 Å². The van der Waals surface area contributed by atoms with E-state index in [1.54, 1.807) is 11.3 Å². The van der Waals surface area contributed by atoms with E-state index in [0.29, 0.717) is 0 Å². The van der Waals surface area contributed by atoms with Crippen LogP contribution in [0.3, 0.4) is 0 Å². The minimum atomic E-state index is -0.476. The molecule has 2 heterocycles. The molecular weight excluding hydrogens is 501 g/mol. The molecule has 29 heavy (non-hydrogen) atoms. The van der Waals surface area contributed by atoms with Crippen LogP contribution in [0.2, 0.25) is 0 Å². The Morgan fingerprint density at radius 2 is 2.17 bits per heavy atom. The molecule has 2 N–H and O–H groups in total. The molecule has 1 aromatic heterocycles. The number of hydrogen-bond donors (Lipinski definition) is 2. The van der Waals surface area contributed by atoms with E-state index >= 15 is 0 Å². The molecule has 1 amide bonds. The summed E-state index contributed by atoms with van der Waals surface area (Å²) in [6, 6.07) is 0.0897. The van der Waals surface area contributed by atoms with Gasteiger partial charge in [0.2, 0.25) is 0 Å². The fraction of sp³-hybridized carbons (Fsp3) is 0.750. The molecule has 0 radical (unpaired) electrons. The van der Waals surface area contributed by atoms with Gasteiger partial charge in [0.15, 0.2) is 5.96 Å². The monoisotopic (exact) mass is 537 g/mol. The Bertz CT molecular complexity index is 660. The van der Waals surface area contributed by atoms with Crippen LogP contribution in [-0.2, 0) is 11.2 Å². The molecule has 9 heteroatoms. The summed E-state index contributed by atoms with van der Waals surface area (Å²) in [6.07, 6.45) is 3.71. The van der Waals surface area contributed by atoms with Gasteiger partial charge in [-0.25, -0.2) is 9.78 Å². The first-order chi connectivity index (χ1) is 13.3. The third kappa shape index (κ3) is 9.97. The van der Waals surface area contributed by atoms with Gasteiger partial charge >= 0.3 is 6.09 Å². The number of aryl methyl sites for hydroxylation is 2. The number of amides is 1. The van der Waals surface area contributed by atoms with Crippen molar-refractivity contribution in [2.75, 3.05) is 26.2 Å². The van der Waals surface area contributed by atoms with E-state index in [0.717, 1.165) is 63.5 Å². The molecule has 0 bridgehead atoms. The number of guanidine groups is 1. The zero-order chi connectivity index (χ0) is 20.6. The number of unbranched alkanes of at least 4 members (excludes halogenated alkanes) is 1. The predicted molar refractivity (Wildman–Crippen MR) is 131 cm³/mol. The van der Waals surface area contributed by atoms with Gasteiger partial charge in [0.25, 0.3) is 0 Å². The van der Waals surface area contributed by atoms with Gasteiger partial charge in [-0.15, -0.1) is 35.3 Å². The Balaban J connectivity index is 0.00000420. The van der Waals surface area contributed by atoms with Crippen LogP contribution in [0.5, 0.6) is 0 Å². The number of likely N-dealkylation sites (tertiary alicyclic amines) is 1. The fourth-order valence-electron chi connectivity index (χ4n) is 3.06. The van der Waals surface area contributed by atoms with Gasteiger partial charge in [0.05, 0.1) is 11.0 Å². The van der Waals surface area contributed by atoms with Crippen molar-refractivity contribution in [3.63, 3.8) is 0 Å². The molecule has 0 spiro atoms. The summed E-state index contributed by atoms with van der Waals surface area (Å²) in [7, 11) is 0. The van der Waals surface area contributed by atoms with Gasteiger partial charge in [-0.2, -0.15) is 0 Å². The summed E-state index contributed by atoms with van der Waals surface area (Å²) in [5.74, 6) is 0.932. The highest BCUT2D eigenvalue weighted by Crippen LogP contribution is 2.13. The molecule has 0 saturated carbocycles. The van der Waals surface area contributed by atoms with Gasteiger partial charge in [-0.05, 0) is 60.3 Å². The maximum absolute atomic E-state index is 12.0. The van der Waals surface area contributed by atoms with Crippen LogP contribution in [0.25, 0.3) is 0 Å². The van der Waals surface area contributed by atoms with E-state index in [1.807, 2.05) is 27.7 Å². The molecule has 1 saturated heterocycles. The molecule has 2 rings (SSSR count). The van der Waals surface area contributed by atoms with Crippen molar-refractivity contribution in [1.29, 1.82) is 0 Å². The zero-order valence-electron chi connectivity index (χ0n) is 18.3. The number of nitrogens with zero attached hydrogens (tertiary/aromatic N) is 3. The van der Waals surface area contributed by atoms with Crippen LogP contribution in [0.1, 0.15) is 57.7 Å². The maximum atomic E-state index is 12.0. The Morgan fingerprint density at radius 3 is 2.79 bits per heavy atom. The van der Waals surface area contributed by atoms with E-state index in [2.05, 4.69) is 32.8 Å². The number of carbonyl (C=O) groups is 1. The highest BCUT2D eigenvalue weighted by molar-refractivity contribution is 14.0. The quantitative estimate of drug-likeness (QED) is 0.238. The molecule has 1 aliphatic heterocycles. The zero-order valence-corrected chi connectivity index (χ0v) is 21.4. The van der Waals surface area contributed by atoms with Gasteiger partial charge in [-0.1, -0.05) is 0 Å². The lowest BCUT2D eigenvalue weighted by atomic mass is 10.2. The minimum absolute atomic E-state index is 0. The van der Waals surface area contributed by atoms with Crippen LogP contribution in [0.15, 0.2) is 10.4 Å². The number of nitrogens with one attached hydrogen (secondary N) is 2. The first-order valence-electron chi connectivity index (χ1n) is 10.2. The van der Waals surface area contributed by atoms with Crippen LogP contribution in [0.4, 0.5) is 4.79 Å². The van der Waals surface area contributed by atoms with Gasteiger partial charge in [0, 0.05) is 37.3 Å². The van der Waals surface area contributed by atoms with Crippen molar-refractivity contribution in [2.24, 2.45) is 4.99 Å². The van der Waals surface area contributed by atoms with Crippen molar-refractivity contribution in [3.8, 4) is 0 Å². The van der Waals surface area contributed by atoms with Crippen molar-refractivity contribution >= 4 is 47.4 Å². The highest BCUT2D eigenvalue weighted by Gasteiger charge is 2.27. The number of carbonyl (C=O) groups excluding carboxylic acids is 1. The molecule has 1 aromatic rings. The summed E-state index contributed by atoms with van der Waals surface area (Å²) in [5, 5.41) is 9.65. The van der Waals surface area contributed by atoms with Crippen molar-refractivity contribution in [1.82, 2.24) is 20.5 Å². The average Bonchev–Trinajstić information content (AvgIpc) is 3.21. The molecule has 1 atom stereocenters. The first-order valence-corrected chi connectivity index (χ1v) is 11.1. The van der Waals surface area contributed by atoms with Crippen LogP contribution in [-0.4, -0.2) is 59.8 Å². The van der Waals surface area contributed by atoms with Crippen LogP contribution >= 0.6 is 35.3 Å². The Hall–Kier alpha value is -1.10. The smallest absolute Gasteiger partial charge is 0.407 e. The fourth-order valence-corrected chi connectivity index (χ4v) is 3.88. The number of aromatic nitrogens is 1. The van der Waals surface area contributed by atoms with Gasteiger partial charge in [0.1, 0.15) is 5.60 Å². The Kier molecular flexibility index (Phi) is 11.2. The third-order valence-corrected chi connectivity index (χ3v) is 5.30. The summed E-state index contributed by atoms with van der Waals surface area (Å²) in [6.45, 7) is 13.0.